The number of hydrogen-bond donors (Lipinski definition) is 0. The molecule has 1 aliphatic rings. The van der Waals surface area contributed by atoms with Crippen LogP contribution in [-0.2, 0) is 15.8 Å². The summed E-state index contributed by atoms with van der Waals surface area (Å²) in [4.78, 5) is 9.23. The van der Waals surface area contributed by atoms with Gasteiger partial charge in [0, 0.05) is 19.3 Å². The first kappa shape index (κ1) is 20.0. The van der Waals surface area contributed by atoms with Gasteiger partial charge < -0.3 is 8.98 Å². The molecular weight excluding hydrogens is 412 g/mol. The van der Waals surface area contributed by atoms with Crippen LogP contribution in [0.25, 0.3) is 22.7 Å². The molecule has 0 amide bonds. The van der Waals surface area contributed by atoms with Gasteiger partial charge in [0.2, 0.25) is 10.0 Å². The summed E-state index contributed by atoms with van der Waals surface area (Å²) < 4.78 is 35.5. The molecule has 0 unspecified atom stereocenters. The van der Waals surface area contributed by atoms with E-state index in [-0.39, 0.29) is 11.8 Å². The molecule has 0 spiro atoms. The molecule has 0 saturated carbocycles. The van der Waals surface area contributed by atoms with Gasteiger partial charge in [-0.05, 0) is 61.2 Å². The normalized spacial score (nSPS) is 17.5. The molecular formula is C23H24N4O3S. The third-order valence-corrected chi connectivity index (χ3v) is 7.81. The van der Waals surface area contributed by atoms with E-state index in [2.05, 4.69) is 4.98 Å². The maximum atomic E-state index is 13.2. The van der Waals surface area contributed by atoms with Crippen LogP contribution < -0.4 is 0 Å². The highest BCUT2D eigenvalue weighted by Crippen LogP contribution is 2.33. The first-order valence-corrected chi connectivity index (χ1v) is 11.9. The number of aromatic nitrogens is 3. The lowest BCUT2D eigenvalue weighted by Gasteiger charge is -2.18. The van der Waals surface area contributed by atoms with Crippen LogP contribution in [0.1, 0.15) is 29.2 Å². The highest BCUT2D eigenvalue weighted by molar-refractivity contribution is 7.88. The average Bonchev–Trinajstić information content (AvgIpc) is 3.49. The van der Waals surface area contributed by atoms with E-state index >= 15 is 0 Å². The molecule has 4 heterocycles. The lowest BCUT2D eigenvalue weighted by atomic mass is 10.1. The van der Waals surface area contributed by atoms with Crippen LogP contribution in [0.5, 0.6) is 0 Å². The van der Waals surface area contributed by atoms with E-state index < -0.39 is 10.0 Å². The van der Waals surface area contributed by atoms with Gasteiger partial charge in [-0.25, -0.2) is 18.4 Å². The highest BCUT2D eigenvalue weighted by Gasteiger charge is 2.35. The number of fused-ring (bicyclic) bond motifs is 1. The Balaban J connectivity index is 1.45. The number of pyridine rings is 1. The van der Waals surface area contributed by atoms with E-state index in [1.807, 2.05) is 60.9 Å². The smallest absolute Gasteiger partial charge is 0.218 e. The molecule has 4 aromatic rings. The number of nitrogens with zero attached hydrogens (tertiary/aromatic N) is 4. The first-order valence-electron chi connectivity index (χ1n) is 10.3. The Morgan fingerprint density at radius 2 is 2.00 bits per heavy atom. The minimum absolute atomic E-state index is 0.00874. The maximum Gasteiger partial charge on any atom is 0.218 e. The molecule has 0 bridgehead atoms. The molecule has 8 heteroatoms. The summed E-state index contributed by atoms with van der Waals surface area (Å²) in [5.74, 6) is 1.33. The number of sulfonamides is 1. The van der Waals surface area contributed by atoms with Crippen molar-refractivity contribution in [3.8, 4) is 11.6 Å². The van der Waals surface area contributed by atoms with Crippen LogP contribution in [0.2, 0.25) is 0 Å². The second kappa shape index (κ2) is 7.62. The van der Waals surface area contributed by atoms with Crippen LogP contribution in [0.3, 0.4) is 0 Å². The predicted molar refractivity (Wildman–Crippen MR) is 119 cm³/mol. The topological polar surface area (TPSA) is 81.2 Å². The van der Waals surface area contributed by atoms with Crippen LogP contribution in [-0.4, -0.2) is 40.3 Å². The molecule has 0 radical (unpaired) electrons. The van der Waals surface area contributed by atoms with Crippen LogP contribution >= 0.6 is 0 Å². The maximum absolute atomic E-state index is 13.2. The fraction of sp³-hybridized carbons (Fsp3) is 0.304. The van der Waals surface area contributed by atoms with Gasteiger partial charge in [0.25, 0.3) is 0 Å². The molecule has 0 N–H and O–H groups in total. The zero-order valence-electron chi connectivity index (χ0n) is 17.5. The summed E-state index contributed by atoms with van der Waals surface area (Å²) in [7, 11) is -3.43. The Bertz CT molecular complexity index is 1340. The quantitative estimate of drug-likeness (QED) is 0.471. The van der Waals surface area contributed by atoms with Crippen molar-refractivity contribution in [3.63, 3.8) is 0 Å². The van der Waals surface area contributed by atoms with Crippen molar-refractivity contribution >= 4 is 21.2 Å². The van der Waals surface area contributed by atoms with E-state index in [0.29, 0.717) is 31.1 Å². The van der Waals surface area contributed by atoms with E-state index in [1.54, 1.807) is 16.8 Å². The van der Waals surface area contributed by atoms with Gasteiger partial charge in [-0.1, -0.05) is 18.2 Å². The molecule has 1 aromatic carbocycles. The summed E-state index contributed by atoms with van der Waals surface area (Å²) >= 11 is 0. The molecule has 1 saturated heterocycles. The number of hydrogen-bond acceptors (Lipinski definition) is 5. The molecule has 1 aliphatic heterocycles. The number of rotatable bonds is 5. The molecule has 31 heavy (non-hydrogen) atoms. The largest absolute Gasteiger partial charge is 0.461 e. The van der Waals surface area contributed by atoms with Crippen molar-refractivity contribution in [3.05, 3.63) is 71.6 Å². The van der Waals surface area contributed by atoms with E-state index in [9.17, 15) is 8.42 Å². The first-order chi connectivity index (χ1) is 14.9. The van der Waals surface area contributed by atoms with Gasteiger partial charge in [-0.3, -0.25) is 0 Å². The number of aryl methyl sites for hydroxylation is 2. The van der Waals surface area contributed by atoms with Crippen molar-refractivity contribution in [1.29, 1.82) is 0 Å². The summed E-state index contributed by atoms with van der Waals surface area (Å²) in [5, 5.41) is 0. The Kier molecular flexibility index (Phi) is 4.91. The Morgan fingerprint density at radius 3 is 2.77 bits per heavy atom. The third kappa shape index (κ3) is 3.66. The predicted octanol–water partition coefficient (Wildman–Crippen LogP) is 4.08. The summed E-state index contributed by atoms with van der Waals surface area (Å²) in [5.41, 5.74) is 4.59. The van der Waals surface area contributed by atoms with Crippen molar-refractivity contribution in [2.45, 2.75) is 32.1 Å². The summed E-state index contributed by atoms with van der Waals surface area (Å²) in [6, 6.07) is 13.2. The standard InChI is InChI=1S/C23H24N4O3S/c1-16-7-8-18(13-17(16)2)15-31(28,29)26-11-9-19(14-26)27-22-20(5-3-10-24-22)25-23(27)21-6-4-12-30-21/h3-8,10,12-13,19H,9,11,14-15H2,1-2H3/t19-/m1/s1. The van der Waals surface area contributed by atoms with Crippen LogP contribution in [0.4, 0.5) is 0 Å². The molecule has 5 rings (SSSR count). The fourth-order valence-corrected chi connectivity index (χ4v) is 5.79. The molecule has 160 valence electrons. The Hall–Kier alpha value is -2.97. The van der Waals surface area contributed by atoms with Crippen molar-refractivity contribution < 1.29 is 12.8 Å². The second-order valence-corrected chi connectivity index (χ2v) is 10.1. The lowest BCUT2D eigenvalue weighted by molar-refractivity contribution is 0.453. The van der Waals surface area contributed by atoms with Gasteiger partial charge in [0.05, 0.1) is 18.1 Å². The molecule has 1 atom stereocenters. The minimum atomic E-state index is -3.43. The Morgan fingerprint density at radius 1 is 1.13 bits per heavy atom. The van der Waals surface area contributed by atoms with Crippen molar-refractivity contribution in [1.82, 2.24) is 18.8 Å². The van der Waals surface area contributed by atoms with E-state index in [1.165, 1.54) is 0 Å². The van der Waals surface area contributed by atoms with Crippen LogP contribution in [0.15, 0.2) is 59.3 Å². The zero-order valence-corrected chi connectivity index (χ0v) is 18.3. The van der Waals surface area contributed by atoms with Crippen LogP contribution in [0, 0.1) is 13.8 Å². The molecule has 0 aliphatic carbocycles. The van der Waals surface area contributed by atoms with Crippen molar-refractivity contribution in [2.75, 3.05) is 13.1 Å². The fourth-order valence-electron chi connectivity index (χ4n) is 4.22. The molecule has 7 nitrogen and oxygen atoms in total. The second-order valence-electron chi connectivity index (χ2n) is 8.10. The zero-order chi connectivity index (χ0) is 21.6. The average molecular weight is 437 g/mol. The summed E-state index contributed by atoms with van der Waals surface area (Å²) in [6.07, 6.45) is 4.04. The minimum Gasteiger partial charge on any atom is -0.461 e. The van der Waals surface area contributed by atoms with Crippen molar-refractivity contribution in [2.24, 2.45) is 0 Å². The van der Waals surface area contributed by atoms with Gasteiger partial charge in [0.1, 0.15) is 5.52 Å². The van der Waals surface area contributed by atoms with E-state index in [4.69, 9.17) is 9.40 Å². The Labute approximate surface area is 181 Å². The number of imidazole rings is 1. The number of benzene rings is 1. The number of furan rings is 1. The monoisotopic (exact) mass is 436 g/mol. The van der Waals surface area contributed by atoms with Gasteiger partial charge in [0.15, 0.2) is 17.2 Å². The summed E-state index contributed by atoms with van der Waals surface area (Å²) in [6.45, 7) is 4.90. The van der Waals surface area contributed by atoms with E-state index in [0.717, 1.165) is 27.9 Å². The highest BCUT2D eigenvalue weighted by atomic mass is 32.2. The molecule has 3 aromatic heterocycles. The lowest BCUT2D eigenvalue weighted by Crippen LogP contribution is -2.30. The van der Waals surface area contributed by atoms with Gasteiger partial charge in [-0.2, -0.15) is 4.31 Å². The van der Waals surface area contributed by atoms with Gasteiger partial charge in [-0.15, -0.1) is 0 Å². The third-order valence-electron chi connectivity index (χ3n) is 6.00. The SMILES string of the molecule is Cc1ccc(CS(=O)(=O)N2CC[C@@H](n3c(-c4ccco4)nc4cccnc43)C2)cc1C. The molecule has 1 fully saturated rings. The van der Waals surface area contributed by atoms with Gasteiger partial charge >= 0.3 is 0 Å².